The van der Waals surface area contributed by atoms with E-state index in [2.05, 4.69) is 34.6 Å². The van der Waals surface area contributed by atoms with E-state index in [1.807, 2.05) is 7.05 Å². The fraction of sp³-hybridized carbons (Fsp3) is 0.944. The van der Waals surface area contributed by atoms with E-state index < -0.39 is 0 Å². The molecule has 0 aromatic carbocycles. The fourth-order valence-electron chi connectivity index (χ4n) is 3.37. The van der Waals surface area contributed by atoms with E-state index in [1.54, 1.807) is 0 Å². The van der Waals surface area contributed by atoms with Gasteiger partial charge in [0, 0.05) is 52.1 Å². The van der Waals surface area contributed by atoms with Crippen LogP contribution >= 0.6 is 0 Å². The Hall–Kier alpha value is -0.890. The predicted octanol–water partition coefficient (Wildman–Crippen LogP) is 0.848. The SMILES string of the molecule is CN=C(NCCCOCC1CCCO1)NCC1(N(C)C)CCOCC1. The standard InChI is InChI=1S/C18H36N4O3/c1-19-17(20-9-5-10-24-14-16-6-4-11-25-16)21-15-18(22(2)3)7-12-23-13-8-18/h16H,4-15H2,1-3H3,(H2,19,20,21). The number of aliphatic imine (C=N–C) groups is 1. The first-order chi connectivity index (χ1) is 12.2. The average Bonchev–Trinajstić information content (AvgIpc) is 3.14. The van der Waals surface area contributed by atoms with E-state index >= 15 is 0 Å². The minimum absolute atomic E-state index is 0.139. The zero-order chi connectivity index (χ0) is 18.0. The van der Waals surface area contributed by atoms with Gasteiger partial charge in [0.25, 0.3) is 0 Å². The minimum atomic E-state index is 0.139. The summed E-state index contributed by atoms with van der Waals surface area (Å²) in [6, 6.07) is 0. The second kappa shape index (κ2) is 11.0. The summed E-state index contributed by atoms with van der Waals surface area (Å²) in [5.74, 6) is 0.854. The van der Waals surface area contributed by atoms with Gasteiger partial charge in [-0.2, -0.15) is 0 Å². The van der Waals surface area contributed by atoms with Crippen LogP contribution in [0.15, 0.2) is 4.99 Å². The highest BCUT2D eigenvalue weighted by Crippen LogP contribution is 2.24. The predicted molar refractivity (Wildman–Crippen MR) is 100 cm³/mol. The Balaban J connectivity index is 1.59. The molecular weight excluding hydrogens is 320 g/mol. The van der Waals surface area contributed by atoms with Crippen LogP contribution in [0.3, 0.4) is 0 Å². The Morgan fingerprint density at radius 1 is 1.24 bits per heavy atom. The molecule has 2 fully saturated rings. The van der Waals surface area contributed by atoms with Gasteiger partial charge >= 0.3 is 0 Å². The molecule has 1 atom stereocenters. The number of nitrogens with zero attached hydrogens (tertiary/aromatic N) is 2. The molecule has 1 unspecified atom stereocenters. The van der Waals surface area contributed by atoms with Crippen LogP contribution in [-0.4, -0.2) is 89.8 Å². The van der Waals surface area contributed by atoms with Gasteiger partial charge in [0.15, 0.2) is 5.96 Å². The number of hydrogen-bond donors (Lipinski definition) is 2. The van der Waals surface area contributed by atoms with Gasteiger partial charge in [0.05, 0.1) is 12.7 Å². The molecule has 0 aromatic rings. The molecule has 25 heavy (non-hydrogen) atoms. The van der Waals surface area contributed by atoms with Crippen LogP contribution in [0.25, 0.3) is 0 Å². The molecule has 0 bridgehead atoms. The summed E-state index contributed by atoms with van der Waals surface area (Å²) in [4.78, 5) is 6.64. The van der Waals surface area contributed by atoms with Crippen molar-refractivity contribution in [2.24, 2.45) is 4.99 Å². The summed E-state index contributed by atoms with van der Waals surface area (Å²) in [5, 5.41) is 6.85. The molecule has 2 heterocycles. The fourth-order valence-corrected chi connectivity index (χ4v) is 3.37. The molecule has 2 aliphatic rings. The molecule has 7 nitrogen and oxygen atoms in total. The van der Waals surface area contributed by atoms with Crippen LogP contribution in [0, 0.1) is 0 Å². The number of likely N-dealkylation sites (N-methyl/N-ethyl adjacent to an activating group) is 1. The van der Waals surface area contributed by atoms with Gasteiger partial charge in [-0.25, -0.2) is 0 Å². The van der Waals surface area contributed by atoms with Gasteiger partial charge in [-0.1, -0.05) is 0 Å². The Bertz CT molecular complexity index is 392. The van der Waals surface area contributed by atoms with Crippen LogP contribution in [0.5, 0.6) is 0 Å². The molecule has 0 radical (unpaired) electrons. The highest BCUT2D eigenvalue weighted by Gasteiger charge is 2.34. The Kier molecular flexibility index (Phi) is 8.95. The molecule has 7 heteroatoms. The highest BCUT2D eigenvalue weighted by atomic mass is 16.5. The van der Waals surface area contributed by atoms with Gasteiger partial charge in [0.2, 0.25) is 0 Å². The molecule has 2 aliphatic heterocycles. The molecule has 146 valence electrons. The first kappa shape index (κ1) is 20.4. The summed E-state index contributed by atoms with van der Waals surface area (Å²) >= 11 is 0. The van der Waals surface area contributed by atoms with Crippen molar-refractivity contribution in [2.45, 2.75) is 43.7 Å². The van der Waals surface area contributed by atoms with Crippen molar-refractivity contribution in [3.05, 3.63) is 0 Å². The first-order valence-electron chi connectivity index (χ1n) is 9.55. The maximum atomic E-state index is 5.69. The molecule has 0 aliphatic carbocycles. The largest absolute Gasteiger partial charge is 0.381 e. The van der Waals surface area contributed by atoms with Crippen molar-refractivity contribution in [1.82, 2.24) is 15.5 Å². The Morgan fingerprint density at radius 2 is 2.04 bits per heavy atom. The zero-order valence-electron chi connectivity index (χ0n) is 16.2. The first-order valence-corrected chi connectivity index (χ1v) is 9.55. The maximum absolute atomic E-state index is 5.69. The summed E-state index contributed by atoms with van der Waals surface area (Å²) < 4.78 is 16.8. The normalized spacial score (nSPS) is 23.8. The molecular formula is C18H36N4O3. The lowest BCUT2D eigenvalue weighted by molar-refractivity contribution is -0.00502. The van der Waals surface area contributed by atoms with Gasteiger partial charge in [-0.3, -0.25) is 4.99 Å². The zero-order valence-corrected chi connectivity index (χ0v) is 16.2. The molecule has 2 N–H and O–H groups in total. The molecule has 0 saturated carbocycles. The average molecular weight is 357 g/mol. The van der Waals surface area contributed by atoms with Gasteiger partial charge in [0.1, 0.15) is 0 Å². The van der Waals surface area contributed by atoms with Crippen molar-refractivity contribution in [2.75, 3.05) is 67.3 Å². The summed E-state index contributed by atoms with van der Waals surface area (Å²) in [5.41, 5.74) is 0.139. The Morgan fingerprint density at radius 3 is 2.68 bits per heavy atom. The highest BCUT2D eigenvalue weighted by molar-refractivity contribution is 5.79. The molecule has 2 saturated heterocycles. The molecule has 0 aromatic heterocycles. The van der Waals surface area contributed by atoms with Crippen molar-refractivity contribution >= 4 is 5.96 Å². The number of nitrogens with one attached hydrogen (secondary N) is 2. The van der Waals surface area contributed by atoms with Crippen molar-refractivity contribution in [3.63, 3.8) is 0 Å². The quantitative estimate of drug-likeness (QED) is 0.363. The lowest BCUT2D eigenvalue weighted by Gasteiger charge is -2.43. The van der Waals surface area contributed by atoms with Gasteiger partial charge < -0.3 is 29.7 Å². The van der Waals surface area contributed by atoms with Crippen molar-refractivity contribution in [3.8, 4) is 0 Å². The van der Waals surface area contributed by atoms with E-state index in [-0.39, 0.29) is 5.54 Å². The number of ether oxygens (including phenoxy) is 3. The monoisotopic (exact) mass is 356 g/mol. The van der Waals surface area contributed by atoms with Crippen LogP contribution in [0.1, 0.15) is 32.1 Å². The second-order valence-corrected chi connectivity index (χ2v) is 7.15. The third-order valence-electron chi connectivity index (χ3n) is 5.27. The van der Waals surface area contributed by atoms with Gasteiger partial charge in [-0.15, -0.1) is 0 Å². The van der Waals surface area contributed by atoms with Crippen molar-refractivity contribution < 1.29 is 14.2 Å². The van der Waals surface area contributed by atoms with Crippen LogP contribution in [0.4, 0.5) is 0 Å². The van der Waals surface area contributed by atoms with E-state index in [4.69, 9.17) is 14.2 Å². The van der Waals surface area contributed by atoms with Crippen LogP contribution in [-0.2, 0) is 14.2 Å². The summed E-state index contributed by atoms with van der Waals surface area (Å²) in [6.07, 6.45) is 5.65. The smallest absolute Gasteiger partial charge is 0.191 e. The summed E-state index contributed by atoms with van der Waals surface area (Å²) in [7, 11) is 6.11. The second-order valence-electron chi connectivity index (χ2n) is 7.15. The van der Waals surface area contributed by atoms with Crippen LogP contribution < -0.4 is 10.6 Å². The van der Waals surface area contributed by atoms with E-state index in [1.165, 1.54) is 0 Å². The van der Waals surface area contributed by atoms with Gasteiger partial charge in [-0.05, 0) is 46.2 Å². The number of guanidine groups is 1. The Labute approximate surface area is 152 Å². The van der Waals surface area contributed by atoms with Crippen LogP contribution in [0.2, 0.25) is 0 Å². The van der Waals surface area contributed by atoms with Crippen molar-refractivity contribution in [1.29, 1.82) is 0 Å². The molecule has 0 spiro atoms. The third kappa shape index (κ3) is 6.73. The lowest BCUT2D eigenvalue weighted by atomic mass is 9.88. The number of hydrogen-bond acceptors (Lipinski definition) is 5. The van der Waals surface area contributed by atoms with E-state index in [9.17, 15) is 0 Å². The third-order valence-corrected chi connectivity index (χ3v) is 5.27. The topological polar surface area (TPSA) is 67.4 Å². The van der Waals surface area contributed by atoms with E-state index in [0.717, 1.165) is 84.2 Å². The lowest BCUT2D eigenvalue weighted by Crippen LogP contribution is -2.57. The summed E-state index contributed by atoms with van der Waals surface area (Å²) in [6.45, 7) is 5.74. The number of rotatable bonds is 9. The molecule has 0 amide bonds. The maximum Gasteiger partial charge on any atom is 0.191 e. The van der Waals surface area contributed by atoms with E-state index in [0.29, 0.717) is 6.10 Å². The molecule has 2 rings (SSSR count). The minimum Gasteiger partial charge on any atom is -0.381 e.